The van der Waals surface area contributed by atoms with Crippen LogP contribution < -0.4 is 0 Å². The smallest absolute Gasteiger partial charge is 0.258 e. The molecular formula is C8H8BrNO2. The van der Waals surface area contributed by atoms with Crippen molar-refractivity contribution in [3.8, 4) is 0 Å². The summed E-state index contributed by atoms with van der Waals surface area (Å²) in [5, 5.41) is 10.5. The quantitative estimate of drug-likeness (QED) is 0.513. The van der Waals surface area contributed by atoms with Gasteiger partial charge in [0.25, 0.3) is 5.70 Å². The van der Waals surface area contributed by atoms with E-state index in [2.05, 4.69) is 15.9 Å². The molecule has 0 aromatic heterocycles. The van der Waals surface area contributed by atoms with E-state index in [4.69, 9.17) is 0 Å². The number of rotatable bonds is 1. The number of halogens is 1. The molecule has 0 fully saturated rings. The molecule has 12 heavy (non-hydrogen) atoms. The average molecular weight is 230 g/mol. The molecule has 0 aliphatic heterocycles. The summed E-state index contributed by atoms with van der Waals surface area (Å²) in [4.78, 5) is 10.1. The molecule has 0 heterocycles. The molecule has 64 valence electrons. The molecule has 0 aromatic carbocycles. The number of hydrogen-bond acceptors (Lipinski definition) is 2. The van der Waals surface area contributed by atoms with Crippen LogP contribution >= 0.6 is 15.9 Å². The molecule has 0 bridgehead atoms. The van der Waals surface area contributed by atoms with Crippen molar-refractivity contribution in [2.75, 3.05) is 0 Å². The fourth-order valence-electron chi connectivity index (χ4n) is 0.856. The summed E-state index contributed by atoms with van der Waals surface area (Å²) in [6.07, 6.45) is 6.93. The largest absolute Gasteiger partial charge is 0.283 e. The maximum atomic E-state index is 10.5. The van der Waals surface area contributed by atoms with Crippen molar-refractivity contribution >= 4 is 15.9 Å². The third kappa shape index (κ3) is 2.04. The molecule has 1 aliphatic rings. The minimum Gasteiger partial charge on any atom is -0.258 e. The lowest BCUT2D eigenvalue weighted by molar-refractivity contribution is -0.419. The Bertz CT molecular complexity index is 291. The van der Waals surface area contributed by atoms with Gasteiger partial charge in [0.2, 0.25) is 0 Å². The predicted octanol–water partition coefficient (Wildman–Crippen LogP) is 2.63. The second kappa shape index (κ2) is 3.67. The molecule has 1 aliphatic carbocycles. The Balaban J connectivity index is 3.04. The van der Waals surface area contributed by atoms with E-state index in [1.54, 1.807) is 12.2 Å². The van der Waals surface area contributed by atoms with Gasteiger partial charge < -0.3 is 0 Å². The molecule has 1 unspecified atom stereocenters. The van der Waals surface area contributed by atoms with Crippen LogP contribution in [0.1, 0.15) is 6.92 Å². The van der Waals surface area contributed by atoms with Crippen molar-refractivity contribution in [2.45, 2.75) is 6.92 Å². The lowest BCUT2D eigenvalue weighted by Gasteiger charge is -1.91. The highest BCUT2D eigenvalue weighted by Gasteiger charge is 2.13. The first-order valence-corrected chi connectivity index (χ1v) is 4.31. The number of nitrogens with zero attached hydrogens (tertiary/aromatic N) is 1. The van der Waals surface area contributed by atoms with E-state index >= 15 is 0 Å². The van der Waals surface area contributed by atoms with E-state index < -0.39 is 4.92 Å². The van der Waals surface area contributed by atoms with E-state index in [0.717, 1.165) is 0 Å². The zero-order valence-corrected chi connectivity index (χ0v) is 8.11. The Morgan fingerprint density at radius 2 is 2.08 bits per heavy atom. The Labute approximate surface area is 78.7 Å². The molecule has 3 nitrogen and oxygen atoms in total. The van der Waals surface area contributed by atoms with Gasteiger partial charge in [0.15, 0.2) is 0 Å². The Kier molecular flexibility index (Phi) is 2.81. The Morgan fingerprint density at radius 3 is 2.67 bits per heavy atom. The third-order valence-electron chi connectivity index (χ3n) is 1.55. The van der Waals surface area contributed by atoms with Crippen molar-refractivity contribution in [1.29, 1.82) is 0 Å². The van der Waals surface area contributed by atoms with E-state index in [9.17, 15) is 10.1 Å². The van der Waals surface area contributed by atoms with Gasteiger partial charge in [-0.15, -0.1) is 0 Å². The summed E-state index contributed by atoms with van der Waals surface area (Å²) >= 11 is 3.13. The minimum atomic E-state index is -0.400. The van der Waals surface area contributed by atoms with Gasteiger partial charge in [-0.25, -0.2) is 0 Å². The van der Waals surface area contributed by atoms with Crippen molar-refractivity contribution in [3.63, 3.8) is 0 Å². The predicted molar refractivity (Wildman–Crippen MR) is 50.4 cm³/mol. The third-order valence-corrected chi connectivity index (χ3v) is 2.22. The second-order valence-corrected chi connectivity index (χ2v) is 3.42. The highest BCUT2D eigenvalue weighted by atomic mass is 79.9. The fourth-order valence-corrected chi connectivity index (χ4v) is 1.29. The number of hydrogen-bond donors (Lipinski definition) is 0. The molecule has 0 saturated heterocycles. The topological polar surface area (TPSA) is 43.1 Å². The maximum absolute atomic E-state index is 10.5. The first-order chi connectivity index (χ1) is 5.61. The van der Waals surface area contributed by atoms with Crippen LogP contribution in [0.5, 0.6) is 0 Å². The minimum absolute atomic E-state index is 0.107. The van der Waals surface area contributed by atoms with E-state index in [1.165, 1.54) is 6.08 Å². The van der Waals surface area contributed by atoms with E-state index in [1.807, 2.05) is 13.0 Å². The Hall–Kier alpha value is -0.900. The highest BCUT2D eigenvalue weighted by Crippen LogP contribution is 2.20. The summed E-state index contributed by atoms with van der Waals surface area (Å²) in [5.41, 5.74) is 0.107. The molecule has 0 radical (unpaired) electrons. The maximum Gasteiger partial charge on any atom is 0.283 e. The Morgan fingerprint density at radius 1 is 1.50 bits per heavy atom. The monoisotopic (exact) mass is 229 g/mol. The van der Waals surface area contributed by atoms with Crippen LogP contribution in [0.4, 0.5) is 0 Å². The highest BCUT2D eigenvalue weighted by molar-refractivity contribution is 9.11. The standard InChI is InChI=1S/C8H8BrNO2/c1-6-2-4-7(9)8(5-3-6)10(11)12/h2-6H,1H3. The molecule has 0 amide bonds. The first-order valence-electron chi connectivity index (χ1n) is 3.52. The van der Waals surface area contributed by atoms with Crippen molar-refractivity contribution in [2.24, 2.45) is 5.92 Å². The zero-order chi connectivity index (χ0) is 9.14. The van der Waals surface area contributed by atoms with Crippen LogP contribution in [0.15, 0.2) is 34.5 Å². The summed E-state index contributed by atoms with van der Waals surface area (Å²) in [5.74, 6) is 0.245. The van der Waals surface area contributed by atoms with Crippen LogP contribution in [0, 0.1) is 16.0 Å². The van der Waals surface area contributed by atoms with Crippen LogP contribution in [0.25, 0.3) is 0 Å². The summed E-state index contributed by atoms with van der Waals surface area (Å²) in [6.45, 7) is 1.97. The van der Waals surface area contributed by atoms with Crippen molar-refractivity contribution < 1.29 is 4.92 Å². The van der Waals surface area contributed by atoms with Gasteiger partial charge in [-0.2, -0.15) is 0 Å². The molecule has 1 rings (SSSR count). The van der Waals surface area contributed by atoms with Crippen molar-refractivity contribution in [3.05, 3.63) is 44.6 Å². The lowest BCUT2D eigenvalue weighted by atomic mass is 10.2. The average Bonchev–Trinajstić information content (AvgIpc) is 2.14. The molecule has 0 aromatic rings. The normalized spacial score (nSPS) is 22.7. The first kappa shape index (κ1) is 9.19. The SMILES string of the molecule is CC1C=CC(Br)=C([N+](=O)[O-])C=C1. The van der Waals surface area contributed by atoms with Crippen LogP contribution in [0.2, 0.25) is 0 Å². The summed E-state index contributed by atoms with van der Waals surface area (Å²) in [6, 6.07) is 0. The fraction of sp³-hybridized carbons (Fsp3) is 0.250. The van der Waals surface area contributed by atoms with Crippen LogP contribution in [0.3, 0.4) is 0 Å². The van der Waals surface area contributed by atoms with Gasteiger partial charge in [-0.3, -0.25) is 10.1 Å². The molecular weight excluding hydrogens is 222 g/mol. The molecule has 1 atom stereocenters. The van der Waals surface area contributed by atoms with Gasteiger partial charge >= 0.3 is 0 Å². The van der Waals surface area contributed by atoms with Crippen molar-refractivity contribution in [1.82, 2.24) is 0 Å². The lowest BCUT2D eigenvalue weighted by Crippen LogP contribution is -1.96. The summed E-state index contributed by atoms with van der Waals surface area (Å²) in [7, 11) is 0. The number of allylic oxidation sites excluding steroid dienone is 5. The van der Waals surface area contributed by atoms with E-state index in [-0.39, 0.29) is 11.6 Å². The molecule has 0 spiro atoms. The zero-order valence-electron chi connectivity index (χ0n) is 6.53. The van der Waals surface area contributed by atoms with Gasteiger partial charge in [0.05, 0.1) is 9.41 Å². The van der Waals surface area contributed by atoms with Crippen LogP contribution in [-0.4, -0.2) is 4.92 Å². The number of nitro groups is 1. The van der Waals surface area contributed by atoms with Gasteiger partial charge in [-0.1, -0.05) is 19.1 Å². The second-order valence-electron chi connectivity index (χ2n) is 2.57. The van der Waals surface area contributed by atoms with E-state index in [0.29, 0.717) is 4.48 Å². The molecule has 0 N–H and O–H groups in total. The molecule has 4 heteroatoms. The van der Waals surface area contributed by atoms with Gasteiger partial charge in [0, 0.05) is 6.08 Å². The van der Waals surface area contributed by atoms with Crippen LogP contribution in [-0.2, 0) is 0 Å². The summed E-state index contributed by atoms with van der Waals surface area (Å²) < 4.78 is 0.521. The molecule has 0 saturated carbocycles. The van der Waals surface area contributed by atoms with Gasteiger partial charge in [-0.05, 0) is 27.9 Å². The van der Waals surface area contributed by atoms with Gasteiger partial charge in [0.1, 0.15) is 0 Å².